The maximum atomic E-state index is 9.83. The van der Waals surface area contributed by atoms with E-state index in [4.69, 9.17) is 0 Å². The van der Waals surface area contributed by atoms with Gasteiger partial charge in [-0.15, -0.1) is 0 Å². The SMILES string of the molecule is CC1(C)CC(NCc2cccc(O)c2O)CC(C)(C)N1. The number of para-hydroxylation sites is 1. The Morgan fingerprint density at radius 1 is 1.15 bits per heavy atom. The highest BCUT2D eigenvalue weighted by Crippen LogP contribution is 2.31. The van der Waals surface area contributed by atoms with Crippen molar-refractivity contribution in [1.82, 2.24) is 10.6 Å². The fraction of sp³-hybridized carbons (Fsp3) is 0.625. The second kappa shape index (κ2) is 5.26. The van der Waals surface area contributed by atoms with Gasteiger partial charge in [0.2, 0.25) is 0 Å². The van der Waals surface area contributed by atoms with Gasteiger partial charge in [0.1, 0.15) is 0 Å². The van der Waals surface area contributed by atoms with Gasteiger partial charge in [0, 0.05) is 29.2 Å². The molecule has 4 nitrogen and oxygen atoms in total. The first-order chi connectivity index (χ1) is 9.19. The Morgan fingerprint density at radius 3 is 2.35 bits per heavy atom. The van der Waals surface area contributed by atoms with Crippen molar-refractivity contribution in [3.63, 3.8) is 0 Å². The first-order valence-electron chi connectivity index (χ1n) is 7.21. The van der Waals surface area contributed by atoms with E-state index in [0.29, 0.717) is 12.6 Å². The smallest absolute Gasteiger partial charge is 0.161 e. The van der Waals surface area contributed by atoms with Gasteiger partial charge in [0.25, 0.3) is 0 Å². The number of hydrogen-bond donors (Lipinski definition) is 4. The normalized spacial score (nSPS) is 21.8. The Hall–Kier alpha value is -1.26. The molecule has 4 N–H and O–H groups in total. The fourth-order valence-corrected chi connectivity index (χ4v) is 3.44. The monoisotopic (exact) mass is 278 g/mol. The molecule has 1 aliphatic rings. The van der Waals surface area contributed by atoms with Crippen LogP contribution in [0.4, 0.5) is 0 Å². The number of nitrogens with one attached hydrogen (secondary N) is 2. The van der Waals surface area contributed by atoms with Crippen molar-refractivity contribution >= 4 is 0 Å². The van der Waals surface area contributed by atoms with Gasteiger partial charge in [0.15, 0.2) is 11.5 Å². The van der Waals surface area contributed by atoms with Crippen LogP contribution in [0.2, 0.25) is 0 Å². The first kappa shape index (κ1) is 15.1. The van der Waals surface area contributed by atoms with E-state index in [2.05, 4.69) is 38.3 Å². The molecule has 1 heterocycles. The van der Waals surface area contributed by atoms with E-state index < -0.39 is 0 Å². The molecule has 1 fully saturated rings. The zero-order chi connectivity index (χ0) is 15.0. The van der Waals surface area contributed by atoms with E-state index >= 15 is 0 Å². The minimum atomic E-state index is -0.0599. The van der Waals surface area contributed by atoms with Crippen LogP contribution < -0.4 is 10.6 Å². The van der Waals surface area contributed by atoms with Crippen molar-refractivity contribution in [2.24, 2.45) is 0 Å². The molecule has 1 saturated heterocycles. The summed E-state index contributed by atoms with van der Waals surface area (Å²) in [5.41, 5.74) is 0.930. The molecule has 2 rings (SSSR count). The maximum absolute atomic E-state index is 9.83. The summed E-state index contributed by atoms with van der Waals surface area (Å²) in [5.74, 6) is -0.0808. The van der Waals surface area contributed by atoms with Crippen LogP contribution in [0.1, 0.15) is 46.1 Å². The van der Waals surface area contributed by atoms with Gasteiger partial charge in [-0.05, 0) is 46.6 Å². The van der Waals surface area contributed by atoms with Crippen LogP contribution in [0.3, 0.4) is 0 Å². The number of phenolic OH excluding ortho intramolecular Hbond substituents is 2. The van der Waals surface area contributed by atoms with Crippen LogP contribution in [0.15, 0.2) is 18.2 Å². The van der Waals surface area contributed by atoms with Crippen molar-refractivity contribution in [3.05, 3.63) is 23.8 Å². The fourth-order valence-electron chi connectivity index (χ4n) is 3.44. The van der Waals surface area contributed by atoms with Crippen molar-refractivity contribution in [2.75, 3.05) is 0 Å². The molecule has 112 valence electrons. The molecule has 0 saturated carbocycles. The summed E-state index contributed by atoms with van der Waals surface area (Å²) in [7, 11) is 0. The van der Waals surface area contributed by atoms with Gasteiger partial charge < -0.3 is 20.8 Å². The lowest BCUT2D eigenvalue weighted by molar-refractivity contribution is 0.145. The quantitative estimate of drug-likeness (QED) is 0.642. The van der Waals surface area contributed by atoms with Gasteiger partial charge in [-0.2, -0.15) is 0 Å². The third-order valence-corrected chi connectivity index (χ3v) is 3.87. The molecule has 4 heteroatoms. The molecule has 0 unspecified atom stereocenters. The highest BCUT2D eigenvalue weighted by atomic mass is 16.3. The van der Waals surface area contributed by atoms with E-state index in [-0.39, 0.29) is 22.6 Å². The summed E-state index contributed by atoms with van der Waals surface area (Å²) in [6.45, 7) is 9.43. The van der Waals surface area contributed by atoms with Crippen LogP contribution in [0.5, 0.6) is 11.5 Å². The molecule has 1 aliphatic heterocycles. The molecule has 1 aromatic rings. The minimum absolute atomic E-state index is 0.0209. The Bertz CT molecular complexity index is 467. The topological polar surface area (TPSA) is 64.5 Å². The zero-order valence-corrected chi connectivity index (χ0v) is 12.8. The number of benzene rings is 1. The summed E-state index contributed by atoms with van der Waals surface area (Å²) in [5, 5.41) is 26.5. The average molecular weight is 278 g/mol. The summed E-state index contributed by atoms with van der Waals surface area (Å²) >= 11 is 0. The van der Waals surface area contributed by atoms with Crippen molar-refractivity contribution in [3.8, 4) is 11.5 Å². The maximum Gasteiger partial charge on any atom is 0.161 e. The largest absolute Gasteiger partial charge is 0.504 e. The zero-order valence-electron chi connectivity index (χ0n) is 12.8. The van der Waals surface area contributed by atoms with Gasteiger partial charge in [0.05, 0.1) is 0 Å². The number of hydrogen-bond acceptors (Lipinski definition) is 4. The molecule has 0 spiro atoms. The molecule has 0 aromatic heterocycles. The second-order valence-electron chi connectivity index (χ2n) is 7.16. The number of rotatable bonds is 3. The lowest BCUT2D eigenvalue weighted by Gasteiger charge is -2.46. The van der Waals surface area contributed by atoms with Gasteiger partial charge >= 0.3 is 0 Å². The predicted octanol–water partition coefficient (Wildman–Crippen LogP) is 2.50. The molecule has 1 aromatic carbocycles. The third kappa shape index (κ3) is 3.64. The lowest BCUT2D eigenvalue weighted by Crippen LogP contribution is -2.61. The second-order valence-corrected chi connectivity index (χ2v) is 7.16. The van der Waals surface area contributed by atoms with Crippen LogP contribution in [-0.2, 0) is 6.54 Å². The number of phenols is 2. The molecule has 0 radical (unpaired) electrons. The highest BCUT2D eigenvalue weighted by molar-refractivity contribution is 5.44. The molecule has 0 aliphatic carbocycles. The third-order valence-electron chi connectivity index (χ3n) is 3.87. The summed E-state index contributed by atoms with van der Waals surface area (Å²) in [4.78, 5) is 0. The molecule has 20 heavy (non-hydrogen) atoms. The first-order valence-corrected chi connectivity index (χ1v) is 7.21. The summed E-state index contributed by atoms with van der Waals surface area (Å²) in [6.07, 6.45) is 2.08. The van der Waals surface area contributed by atoms with Gasteiger partial charge in [-0.3, -0.25) is 0 Å². The predicted molar refractivity (Wildman–Crippen MR) is 80.9 cm³/mol. The highest BCUT2D eigenvalue weighted by Gasteiger charge is 2.37. The van der Waals surface area contributed by atoms with E-state index in [0.717, 1.165) is 18.4 Å². The number of piperidine rings is 1. The average Bonchev–Trinajstić information content (AvgIpc) is 2.27. The van der Waals surface area contributed by atoms with E-state index in [1.54, 1.807) is 6.07 Å². The van der Waals surface area contributed by atoms with Crippen LogP contribution in [0, 0.1) is 0 Å². The van der Waals surface area contributed by atoms with Crippen LogP contribution in [-0.4, -0.2) is 27.3 Å². The Labute approximate surface area is 121 Å². The molecule has 0 amide bonds. The van der Waals surface area contributed by atoms with E-state index in [1.165, 1.54) is 6.07 Å². The molecular formula is C16H26N2O2. The summed E-state index contributed by atoms with van der Waals surface area (Å²) < 4.78 is 0. The molecular weight excluding hydrogens is 252 g/mol. The Kier molecular flexibility index (Phi) is 3.98. The Morgan fingerprint density at radius 2 is 1.75 bits per heavy atom. The lowest BCUT2D eigenvalue weighted by atomic mass is 9.79. The van der Waals surface area contributed by atoms with Crippen molar-refractivity contribution in [1.29, 1.82) is 0 Å². The van der Waals surface area contributed by atoms with Crippen LogP contribution >= 0.6 is 0 Å². The molecule has 0 atom stereocenters. The molecule has 0 bridgehead atoms. The van der Waals surface area contributed by atoms with Crippen LogP contribution in [0.25, 0.3) is 0 Å². The van der Waals surface area contributed by atoms with Gasteiger partial charge in [-0.25, -0.2) is 0 Å². The number of aromatic hydroxyl groups is 2. The van der Waals surface area contributed by atoms with Crippen molar-refractivity contribution in [2.45, 2.75) is 64.2 Å². The van der Waals surface area contributed by atoms with E-state index in [9.17, 15) is 10.2 Å². The minimum Gasteiger partial charge on any atom is -0.504 e. The van der Waals surface area contributed by atoms with Crippen molar-refractivity contribution < 1.29 is 10.2 Å². The van der Waals surface area contributed by atoms with E-state index in [1.807, 2.05) is 6.07 Å². The Balaban J connectivity index is 2.02. The summed E-state index contributed by atoms with van der Waals surface area (Å²) in [6, 6.07) is 5.47. The standard InChI is InChI=1S/C16H26N2O2/c1-15(2)8-12(9-16(3,4)18-15)17-10-11-6-5-7-13(19)14(11)20/h5-7,12,17-20H,8-10H2,1-4H3. The van der Waals surface area contributed by atoms with Gasteiger partial charge in [-0.1, -0.05) is 12.1 Å².